The molecule has 0 rings (SSSR count). The highest BCUT2D eigenvalue weighted by molar-refractivity contribution is 5.78. The Morgan fingerprint density at radius 2 is 1.38 bits per heavy atom. The van der Waals surface area contributed by atoms with Crippen molar-refractivity contribution in [2.75, 3.05) is 6.61 Å². The zero-order valence-corrected chi connectivity index (χ0v) is 18.7. The van der Waals surface area contributed by atoms with Crippen LogP contribution < -0.4 is 0 Å². The Kier molecular flexibility index (Phi) is 20.0. The van der Waals surface area contributed by atoms with E-state index in [1.165, 1.54) is 76.7 Å². The third-order valence-electron chi connectivity index (χ3n) is 5.19. The van der Waals surface area contributed by atoms with Gasteiger partial charge in [-0.25, -0.2) is 0 Å². The van der Waals surface area contributed by atoms with E-state index in [1.54, 1.807) is 0 Å². The van der Waals surface area contributed by atoms with Gasteiger partial charge in [0.15, 0.2) is 0 Å². The van der Waals surface area contributed by atoms with E-state index in [4.69, 9.17) is 4.74 Å². The molecule has 0 saturated heterocycles. The van der Waals surface area contributed by atoms with Crippen LogP contribution in [0.2, 0.25) is 0 Å². The molecule has 0 aliphatic carbocycles. The Balaban J connectivity index is 3.54. The highest BCUT2D eigenvalue weighted by Crippen LogP contribution is 2.15. The molecule has 0 aliphatic heterocycles. The minimum absolute atomic E-state index is 0.0639. The maximum atomic E-state index is 11.5. The summed E-state index contributed by atoms with van der Waals surface area (Å²) in [5.74, 6) is -2.05. The molecule has 0 fully saturated rings. The van der Waals surface area contributed by atoms with Crippen LogP contribution in [0.15, 0.2) is 24.8 Å². The lowest BCUT2D eigenvalue weighted by atomic mass is 9.98. The van der Waals surface area contributed by atoms with Crippen molar-refractivity contribution in [1.82, 2.24) is 0 Å². The molecule has 0 spiro atoms. The van der Waals surface area contributed by atoms with Gasteiger partial charge in [0, 0.05) is 0 Å². The fourth-order valence-electron chi connectivity index (χ4n) is 3.37. The third-order valence-corrected chi connectivity index (χ3v) is 5.19. The van der Waals surface area contributed by atoms with Gasteiger partial charge in [-0.3, -0.25) is 9.59 Å². The molecular weight excluding hydrogens is 364 g/mol. The van der Waals surface area contributed by atoms with Gasteiger partial charge < -0.3 is 9.84 Å². The second-order valence-electron chi connectivity index (χ2n) is 7.94. The smallest absolute Gasteiger partial charge is 0.307 e. The first-order chi connectivity index (χ1) is 14.1. The van der Waals surface area contributed by atoms with E-state index in [-0.39, 0.29) is 13.0 Å². The van der Waals surface area contributed by atoms with E-state index >= 15 is 0 Å². The molecule has 4 nitrogen and oxygen atoms in total. The molecule has 1 unspecified atom stereocenters. The largest absolute Gasteiger partial charge is 0.481 e. The molecular formula is C25H44O4. The number of unbranched alkanes of at least 4 members (excludes halogenated alkanes) is 12. The van der Waals surface area contributed by atoms with Crippen LogP contribution >= 0.6 is 0 Å². The number of carboxylic acid groups (broad SMARTS) is 1. The Bertz CT molecular complexity index is 442. The lowest BCUT2D eigenvalue weighted by Gasteiger charge is -2.10. The molecule has 0 aromatic carbocycles. The molecule has 4 heteroatoms. The summed E-state index contributed by atoms with van der Waals surface area (Å²) in [4.78, 5) is 22.8. The second-order valence-corrected chi connectivity index (χ2v) is 7.94. The summed E-state index contributed by atoms with van der Waals surface area (Å²) in [5.41, 5.74) is 0. The summed E-state index contributed by atoms with van der Waals surface area (Å²) >= 11 is 0. The summed E-state index contributed by atoms with van der Waals surface area (Å²) in [6, 6.07) is 0. The van der Waals surface area contributed by atoms with Crippen molar-refractivity contribution < 1.29 is 19.4 Å². The molecule has 1 N–H and O–H groups in total. The first-order valence-electron chi connectivity index (χ1n) is 11.8. The van der Waals surface area contributed by atoms with Crippen LogP contribution in [0.3, 0.4) is 0 Å². The monoisotopic (exact) mass is 408 g/mol. The van der Waals surface area contributed by atoms with Gasteiger partial charge in [0.2, 0.25) is 0 Å². The topological polar surface area (TPSA) is 63.6 Å². The molecule has 29 heavy (non-hydrogen) atoms. The summed E-state index contributed by atoms with van der Waals surface area (Å²) in [5, 5.41) is 9.23. The van der Waals surface area contributed by atoms with E-state index in [0.29, 0.717) is 6.42 Å². The number of carboxylic acids is 1. The molecule has 0 amide bonds. The maximum absolute atomic E-state index is 11.5. The lowest BCUT2D eigenvalue weighted by Crippen LogP contribution is -2.19. The van der Waals surface area contributed by atoms with Crippen LogP contribution in [0.25, 0.3) is 0 Å². The summed E-state index contributed by atoms with van der Waals surface area (Å²) in [6.07, 6.45) is 24.0. The van der Waals surface area contributed by atoms with Gasteiger partial charge >= 0.3 is 11.9 Å². The van der Waals surface area contributed by atoms with Crippen LogP contribution in [-0.2, 0) is 14.3 Å². The van der Waals surface area contributed by atoms with Gasteiger partial charge in [0.1, 0.15) is 6.61 Å². The number of aliphatic carboxylic acids is 1. The third kappa shape index (κ3) is 19.5. The number of allylic oxidation sites excluding steroid dienone is 2. The average Bonchev–Trinajstić information content (AvgIpc) is 2.70. The SMILES string of the molecule is C=CCOC(=O)CC(CCC/C=C/CCCCCCCCCCCCC)C(=O)O. The summed E-state index contributed by atoms with van der Waals surface area (Å²) < 4.78 is 4.87. The maximum Gasteiger partial charge on any atom is 0.307 e. The van der Waals surface area contributed by atoms with Crippen LogP contribution in [0.4, 0.5) is 0 Å². The molecule has 0 aromatic heterocycles. The van der Waals surface area contributed by atoms with Crippen LogP contribution in [0.5, 0.6) is 0 Å². The first-order valence-corrected chi connectivity index (χ1v) is 11.8. The van der Waals surface area contributed by atoms with Crippen LogP contribution in [0, 0.1) is 5.92 Å². The number of ether oxygens (including phenoxy) is 1. The summed E-state index contributed by atoms with van der Waals surface area (Å²) in [6.45, 7) is 5.86. The number of carbonyl (C=O) groups excluding carboxylic acids is 1. The fraction of sp³-hybridized carbons (Fsp3) is 0.760. The molecule has 0 aromatic rings. The van der Waals surface area contributed by atoms with Crippen LogP contribution in [-0.4, -0.2) is 23.7 Å². The van der Waals surface area contributed by atoms with Crippen molar-refractivity contribution in [2.45, 2.75) is 110 Å². The van der Waals surface area contributed by atoms with Crippen molar-refractivity contribution in [2.24, 2.45) is 5.92 Å². The van der Waals surface area contributed by atoms with E-state index < -0.39 is 17.9 Å². The fourth-order valence-corrected chi connectivity index (χ4v) is 3.37. The van der Waals surface area contributed by atoms with Gasteiger partial charge in [-0.05, 0) is 32.1 Å². The number of carbonyl (C=O) groups is 2. The summed E-state index contributed by atoms with van der Waals surface area (Å²) in [7, 11) is 0. The van der Waals surface area contributed by atoms with Gasteiger partial charge in [-0.2, -0.15) is 0 Å². The molecule has 0 aliphatic rings. The lowest BCUT2D eigenvalue weighted by molar-refractivity contribution is -0.151. The predicted octanol–water partition coefficient (Wildman–Crippen LogP) is 7.23. The standard InChI is InChI=1S/C25H44O4/c1-3-5-6-7-8-9-10-11-12-13-14-15-16-17-18-19-20-23(25(27)28)22-24(26)29-21-4-2/h4,16-17,23H,2-3,5-15,18-22H2,1H3,(H,27,28)/b17-16+. The normalized spacial score (nSPS) is 12.2. The van der Waals surface area contributed by atoms with Crippen molar-refractivity contribution in [3.8, 4) is 0 Å². The van der Waals surface area contributed by atoms with Crippen molar-refractivity contribution in [3.05, 3.63) is 24.8 Å². The number of rotatable bonds is 21. The zero-order chi connectivity index (χ0) is 21.6. The van der Waals surface area contributed by atoms with E-state index in [9.17, 15) is 14.7 Å². The Hall–Kier alpha value is -1.58. The molecule has 1 atom stereocenters. The van der Waals surface area contributed by atoms with Gasteiger partial charge in [0.05, 0.1) is 12.3 Å². The van der Waals surface area contributed by atoms with Crippen molar-refractivity contribution in [1.29, 1.82) is 0 Å². The van der Waals surface area contributed by atoms with E-state index in [2.05, 4.69) is 25.7 Å². The molecule has 0 bridgehead atoms. The molecule has 0 radical (unpaired) electrons. The van der Waals surface area contributed by atoms with Gasteiger partial charge in [0.25, 0.3) is 0 Å². The first kappa shape index (κ1) is 27.4. The average molecular weight is 409 g/mol. The zero-order valence-electron chi connectivity index (χ0n) is 18.7. The minimum Gasteiger partial charge on any atom is -0.481 e. The van der Waals surface area contributed by atoms with Crippen molar-refractivity contribution in [3.63, 3.8) is 0 Å². The van der Waals surface area contributed by atoms with E-state index in [1.807, 2.05) is 0 Å². The Morgan fingerprint density at radius 3 is 1.90 bits per heavy atom. The number of hydrogen-bond donors (Lipinski definition) is 1. The Morgan fingerprint density at radius 1 is 0.862 bits per heavy atom. The van der Waals surface area contributed by atoms with Gasteiger partial charge in [-0.15, -0.1) is 0 Å². The van der Waals surface area contributed by atoms with Gasteiger partial charge in [-0.1, -0.05) is 95.9 Å². The van der Waals surface area contributed by atoms with Crippen LogP contribution in [0.1, 0.15) is 110 Å². The molecule has 0 heterocycles. The number of hydrogen-bond acceptors (Lipinski definition) is 3. The molecule has 0 saturated carbocycles. The molecule has 168 valence electrons. The minimum atomic E-state index is -0.925. The highest BCUT2D eigenvalue weighted by atomic mass is 16.5. The highest BCUT2D eigenvalue weighted by Gasteiger charge is 2.21. The quantitative estimate of drug-likeness (QED) is 0.124. The number of esters is 1. The second kappa shape index (κ2) is 21.1. The predicted molar refractivity (Wildman–Crippen MR) is 121 cm³/mol. The van der Waals surface area contributed by atoms with E-state index in [0.717, 1.165) is 19.3 Å². The van der Waals surface area contributed by atoms with Crippen molar-refractivity contribution >= 4 is 11.9 Å². The Labute approximate surface area is 178 Å².